The Morgan fingerprint density at radius 1 is 1.21 bits per heavy atom. The number of nitrogens with one attached hydrogen (secondary N) is 1. The number of benzene rings is 1. The van der Waals surface area contributed by atoms with Gasteiger partial charge in [0.1, 0.15) is 5.69 Å². The number of carbonyl (C=O) groups is 2. The lowest BCUT2D eigenvalue weighted by molar-refractivity contribution is -0.130. The van der Waals surface area contributed by atoms with Gasteiger partial charge in [-0.15, -0.1) is 11.3 Å². The monoisotopic (exact) mass is 394 g/mol. The molecule has 2 amide bonds. The maximum atomic E-state index is 12.3. The van der Waals surface area contributed by atoms with Crippen molar-refractivity contribution in [2.45, 2.75) is 6.54 Å². The Morgan fingerprint density at radius 3 is 2.68 bits per heavy atom. The van der Waals surface area contributed by atoms with Gasteiger partial charge in [-0.05, 0) is 23.1 Å². The fourth-order valence-corrected chi connectivity index (χ4v) is 3.41. The summed E-state index contributed by atoms with van der Waals surface area (Å²) in [5.74, 6) is -0.448. The summed E-state index contributed by atoms with van der Waals surface area (Å²) < 4.78 is 1.88. The van der Waals surface area contributed by atoms with Gasteiger partial charge >= 0.3 is 0 Å². The Kier molecular flexibility index (Phi) is 6.39. The third kappa shape index (κ3) is 4.95. The van der Waals surface area contributed by atoms with Crippen LogP contribution in [0.5, 0.6) is 0 Å². The van der Waals surface area contributed by atoms with Crippen LogP contribution in [0.15, 0.2) is 60.1 Å². The summed E-state index contributed by atoms with van der Waals surface area (Å²) in [4.78, 5) is 26.2. The molecule has 144 valence electrons. The number of carbonyl (C=O) groups excluding carboxylic acids is 2. The molecule has 0 saturated heterocycles. The van der Waals surface area contributed by atoms with Gasteiger partial charge in [-0.2, -0.15) is 5.10 Å². The molecule has 2 heterocycles. The lowest BCUT2D eigenvalue weighted by Crippen LogP contribution is -2.35. The molecule has 0 atom stereocenters. The number of amides is 2. The van der Waals surface area contributed by atoms with Gasteiger partial charge in [-0.3, -0.25) is 14.3 Å². The van der Waals surface area contributed by atoms with Crippen LogP contribution in [0.2, 0.25) is 0 Å². The standard InChI is InChI=1S/C21H22N4O2S/c1-22-19(26)15-24(2)20(27)11-10-17-14-25(13-16-7-4-3-5-8-16)23-21(17)18-9-6-12-28-18/h3-12,14H,13,15H2,1-2H3,(H,22,26)/b11-10+. The zero-order valence-electron chi connectivity index (χ0n) is 15.8. The Labute approximate surface area is 168 Å². The molecule has 0 radical (unpaired) electrons. The molecule has 3 aromatic rings. The molecule has 0 aliphatic heterocycles. The number of rotatable bonds is 7. The van der Waals surface area contributed by atoms with Gasteiger partial charge in [-0.25, -0.2) is 0 Å². The molecule has 0 aliphatic carbocycles. The van der Waals surface area contributed by atoms with Crippen molar-refractivity contribution in [1.82, 2.24) is 20.0 Å². The first-order valence-corrected chi connectivity index (χ1v) is 9.74. The van der Waals surface area contributed by atoms with E-state index in [4.69, 9.17) is 5.10 Å². The van der Waals surface area contributed by atoms with Crippen LogP contribution in [0.1, 0.15) is 11.1 Å². The first-order valence-electron chi connectivity index (χ1n) is 8.86. The van der Waals surface area contributed by atoms with E-state index in [-0.39, 0.29) is 18.4 Å². The second-order valence-corrected chi connectivity index (χ2v) is 7.24. The molecule has 0 saturated carbocycles. The minimum Gasteiger partial charge on any atom is -0.358 e. The number of hydrogen-bond donors (Lipinski definition) is 1. The van der Waals surface area contributed by atoms with Crippen molar-refractivity contribution in [3.05, 3.63) is 71.2 Å². The Bertz CT molecular complexity index is 962. The van der Waals surface area contributed by atoms with E-state index in [9.17, 15) is 9.59 Å². The Hall–Kier alpha value is -3.19. The highest BCUT2D eigenvalue weighted by molar-refractivity contribution is 7.13. The summed E-state index contributed by atoms with van der Waals surface area (Å²) in [5, 5.41) is 9.23. The van der Waals surface area contributed by atoms with Crippen LogP contribution in [-0.2, 0) is 16.1 Å². The predicted octanol–water partition coefficient (Wildman–Crippen LogP) is 2.88. The summed E-state index contributed by atoms with van der Waals surface area (Å²) in [6, 6.07) is 14.1. The van der Waals surface area contributed by atoms with Crippen molar-refractivity contribution in [1.29, 1.82) is 0 Å². The van der Waals surface area contributed by atoms with Gasteiger partial charge in [0.25, 0.3) is 0 Å². The molecule has 1 aromatic carbocycles. The van der Waals surface area contributed by atoms with E-state index in [1.54, 1.807) is 31.5 Å². The van der Waals surface area contributed by atoms with Gasteiger partial charge in [0.15, 0.2) is 0 Å². The average molecular weight is 395 g/mol. The van der Waals surface area contributed by atoms with E-state index >= 15 is 0 Å². The highest BCUT2D eigenvalue weighted by Gasteiger charge is 2.13. The van der Waals surface area contributed by atoms with Crippen LogP contribution in [0.25, 0.3) is 16.6 Å². The average Bonchev–Trinajstić information content (AvgIpc) is 3.36. The number of likely N-dealkylation sites (N-methyl/N-ethyl adjacent to an activating group) is 2. The van der Waals surface area contributed by atoms with Gasteiger partial charge < -0.3 is 10.2 Å². The van der Waals surface area contributed by atoms with Crippen molar-refractivity contribution >= 4 is 29.2 Å². The number of hydrogen-bond acceptors (Lipinski definition) is 4. The summed E-state index contributed by atoms with van der Waals surface area (Å²) in [6.07, 6.45) is 5.17. The fourth-order valence-electron chi connectivity index (χ4n) is 2.68. The Balaban J connectivity index is 1.82. The molecule has 6 nitrogen and oxygen atoms in total. The Morgan fingerprint density at radius 2 is 2.00 bits per heavy atom. The minimum absolute atomic E-state index is 0.0186. The number of aromatic nitrogens is 2. The largest absolute Gasteiger partial charge is 0.358 e. The highest BCUT2D eigenvalue weighted by Crippen LogP contribution is 2.27. The van der Waals surface area contributed by atoms with Crippen LogP contribution in [0.3, 0.4) is 0 Å². The molecule has 28 heavy (non-hydrogen) atoms. The molecule has 0 unspecified atom stereocenters. The number of thiophene rings is 1. The first-order chi connectivity index (χ1) is 13.6. The SMILES string of the molecule is CNC(=O)CN(C)C(=O)/C=C/c1cn(Cc2ccccc2)nc1-c1cccs1. The van der Waals surface area contributed by atoms with Gasteiger partial charge in [0, 0.05) is 31.9 Å². The predicted molar refractivity (Wildman–Crippen MR) is 112 cm³/mol. The summed E-state index contributed by atoms with van der Waals surface area (Å²) in [5.41, 5.74) is 2.85. The summed E-state index contributed by atoms with van der Waals surface area (Å²) in [6.45, 7) is 0.669. The smallest absolute Gasteiger partial charge is 0.246 e. The van der Waals surface area contributed by atoms with Crippen molar-refractivity contribution in [2.24, 2.45) is 0 Å². The maximum Gasteiger partial charge on any atom is 0.246 e. The van der Waals surface area contributed by atoms with Crippen LogP contribution in [0.4, 0.5) is 0 Å². The van der Waals surface area contributed by atoms with Gasteiger partial charge in [0.05, 0.1) is 18.0 Å². The van der Waals surface area contributed by atoms with Crippen LogP contribution in [0, 0.1) is 0 Å². The molecule has 3 rings (SSSR count). The van der Waals surface area contributed by atoms with E-state index in [0.717, 1.165) is 21.7 Å². The molecule has 2 aromatic heterocycles. The molecule has 0 aliphatic rings. The number of nitrogens with zero attached hydrogens (tertiary/aromatic N) is 3. The lowest BCUT2D eigenvalue weighted by Gasteiger charge is -2.13. The fraction of sp³-hybridized carbons (Fsp3) is 0.190. The van der Waals surface area contributed by atoms with E-state index in [1.165, 1.54) is 11.0 Å². The topological polar surface area (TPSA) is 67.2 Å². The minimum atomic E-state index is -0.239. The lowest BCUT2D eigenvalue weighted by atomic mass is 10.2. The molecule has 0 fully saturated rings. The maximum absolute atomic E-state index is 12.3. The molecular weight excluding hydrogens is 372 g/mol. The molecule has 1 N–H and O–H groups in total. The zero-order valence-corrected chi connectivity index (χ0v) is 16.6. The molecular formula is C21H22N4O2S. The van der Waals surface area contributed by atoms with Crippen molar-refractivity contribution in [3.8, 4) is 10.6 Å². The van der Waals surface area contributed by atoms with E-state index in [2.05, 4.69) is 17.4 Å². The van der Waals surface area contributed by atoms with Crippen molar-refractivity contribution < 1.29 is 9.59 Å². The zero-order chi connectivity index (χ0) is 19.9. The molecule has 0 spiro atoms. The van der Waals surface area contributed by atoms with Crippen molar-refractivity contribution in [2.75, 3.05) is 20.6 Å². The highest BCUT2D eigenvalue weighted by atomic mass is 32.1. The normalized spacial score (nSPS) is 10.9. The first kappa shape index (κ1) is 19.6. The quantitative estimate of drug-likeness (QED) is 0.627. The van der Waals surface area contributed by atoms with E-state index in [1.807, 2.05) is 46.6 Å². The van der Waals surface area contributed by atoms with E-state index < -0.39 is 0 Å². The van der Waals surface area contributed by atoms with Crippen LogP contribution >= 0.6 is 11.3 Å². The second kappa shape index (κ2) is 9.14. The van der Waals surface area contributed by atoms with Gasteiger partial charge in [0.2, 0.25) is 11.8 Å². The van der Waals surface area contributed by atoms with Crippen LogP contribution < -0.4 is 5.32 Å². The van der Waals surface area contributed by atoms with Crippen LogP contribution in [-0.4, -0.2) is 47.1 Å². The molecule has 7 heteroatoms. The summed E-state index contributed by atoms with van der Waals surface area (Å²) in [7, 11) is 3.14. The third-order valence-corrected chi connectivity index (χ3v) is 5.05. The molecule has 0 bridgehead atoms. The van der Waals surface area contributed by atoms with Crippen molar-refractivity contribution in [3.63, 3.8) is 0 Å². The summed E-state index contributed by atoms with van der Waals surface area (Å²) >= 11 is 1.60. The second-order valence-electron chi connectivity index (χ2n) is 6.29. The third-order valence-electron chi connectivity index (χ3n) is 4.17. The van der Waals surface area contributed by atoms with Gasteiger partial charge in [-0.1, -0.05) is 36.4 Å². The van der Waals surface area contributed by atoms with E-state index in [0.29, 0.717) is 6.54 Å².